The van der Waals surface area contributed by atoms with E-state index in [0.717, 1.165) is 30.8 Å². The van der Waals surface area contributed by atoms with Gasteiger partial charge in [-0.05, 0) is 31.0 Å². The van der Waals surface area contributed by atoms with Crippen molar-refractivity contribution >= 4 is 0 Å². The van der Waals surface area contributed by atoms with E-state index in [1.165, 1.54) is 12.0 Å². The van der Waals surface area contributed by atoms with Crippen molar-refractivity contribution in [1.29, 1.82) is 0 Å². The topological polar surface area (TPSA) is 51.8 Å². The minimum absolute atomic E-state index is 0.0336. The second-order valence-corrected chi connectivity index (χ2v) is 5.21. The molecule has 0 bridgehead atoms. The summed E-state index contributed by atoms with van der Waals surface area (Å²) in [5.74, 6) is 0.968. The van der Waals surface area contributed by atoms with E-state index >= 15 is 0 Å². The van der Waals surface area contributed by atoms with Crippen molar-refractivity contribution in [3.05, 3.63) is 59.7 Å². The second-order valence-electron chi connectivity index (χ2n) is 5.21. The standard InChI is InChI=1S/C16H19N3/c17-11-7-14-8-12-18-15(19-14)16(9-4-10-16)13-5-2-1-3-6-13/h1-3,5-6,8,12H,4,7,9-11,17H2. The summed E-state index contributed by atoms with van der Waals surface area (Å²) in [5.41, 5.74) is 8.04. The maximum Gasteiger partial charge on any atom is 0.139 e. The van der Waals surface area contributed by atoms with Gasteiger partial charge in [0.25, 0.3) is 0 Å². The Labute approximate surface area is 113 Å². The minimum atomic E-state index is 0.0336. The Balaban J connectivity index is 2.00. The summed E-state index contributed by atoms with van der Waals surface area (Å²) in [4.78, 5) is 9.28. The van der Waals surface area contributed by atoms with Crippen LogP contribution in [0.15, 0.2) is 42.6 Å². The Hall–Kier alpha value is -1.74. The maximum absolute atomic E-state index is 5.62. The highest BCUT2D eigenvalue weighted by molar-refractivity contribution is 5.35. The van der Waals surface area contributed by atoms with Gasteiger partial charge in [0.05, 0.1) is 5.41 Å². The average Bonchev–Trinajstić information content (AvgIpc) is 2.40. The van der Waals surface area contributed by atoms with Crippen LogP contribution in [0, 0.1) is 0 Å². The van der Waals surface area contributed by atoms with Crippen molar-refractivity contribution < 1.29 is 0 Å². The normalized spacial score (nSPS) is 16.9. The highest BCUT2D eigenvalue weighted by Crippen LogP contribution is 2.47. The zero-order chi connectivity index (χ0) is 13.1. The fourth-order valence-electron chi connectivity index (χ4n) is 2.84. The van der Waals surface area contributed by atoms with Crippen molar-refractivity contribution in [1.82, 2.24) is 9.97 Å². The van der Waals surface area contributed by atoms with Crippen LogP contribution in [0.1, 0.15) is 36.3 Å². The molecule has 3 heteroatoms. The van der Waals surface area contributed by atoms with E-state index in [1.807, 2.05) is 12.3 Å². The van der Waals surface area contributed by atoms with Gasteiger partial charge in [-0.25, -0.2) is 9.97 Å². The SMILES string of the molecule is NCCc1ccnc(C2(c3ccccc3)CCC2)n1. The number of hydrogen-bond donors (Lipinski definition) is 1. The van der Waals surface area contributed by atoms with Gasteiger partial charge in [-0.1, -0.05) is 36.8 Å². The van der Waals surface area contributed by atoms with Gasteiger partial charge in [0.15, 0.2) is 0 Å². The van der Waals surface area contributed by atoms with Gasteiger partial charge in [-0.2, -0.15) is 0 Å². The molecule has 3 nitrogen and oxygen atoms in total. The van der Waals surface area contributed by atoms with Crippen molar-refractivity contribution in [3.8, 4) is 0 Å². The first-order valence-corrected chi connectivity index (χ1v) is 6.93. The van der Waals surface area contributed by atoms with Crippen LogP contribution < -0.4 is 5.73 Å². The monoisotopic (exact) mass is 253 g/mol. The molecule has 2 N–H and O–H groups in total. The van der Waals surface area contributed by atoms with E-state index in [0.29, 0.717) is 6.54 Å². The molecule has 1 saturated carbocycles. The Morgan fingerprint density at radius 2 is 1.89 bits per heavy atom. The number of nitrogens with two attached hydrogens (primary N) is 1. The highest BCUT2D eigenvalue weighted by Gasteiger charge is 2.42. The van der Waals surface area contributed by atoms with E-state index in [1.54, 1.807) is 0 Å². The molecule has 1 aliphatic rings. The van der Waals surface area contributed by atoms with Gasteiger partial charge < -0.3 is 5.73 Å². The van der Waals surface area contributed by atoms with E-state index in [-0.39, 0.29) is 5.41 Å². The predicted octanol–water partition coefficient (Wildman–Crippen LogP) is 2.45. The van der Waals surface area contributed by atoms with Crippen LogP contribution in [-0.4, -0.2) is 16.5 Å². The van der Waals surface area contributed by atoms with E-state index in [2.05, 4.69) is 35.3 Å². The molecule has 0 atom stereocenters. The average molecular weight is 253 g/mol. The Morgan fingerprint density at radius 1 is 1.11 bits per heavy atom. The third-order valence-electron chi connectivity index (χ3n) is 4.08. The lowest BCUT2D eigenvalue weighted by molar-refractivity contribution is 0.284. The van der Waals surface area contributed by atoms with E-state index < -0.39 is 0 Å². The summed E-state index contributed by atoms with van der Waals surface area (Å²) < 4.78 is 0. The number of aromatic nitrogens is 2. The van der Waals surface area contributed by atoms with Crippen LogP contribution in [0.5, 0.6) is 0 Å². The molecule has 19 heavy (non-hydrogen) atoms. The smallest absolute Gasteiger partial charge is 0.139 e. The van der Waals surface area contributed by atoms with Crippen LogP contribution >= 0.6 is 0 Å². The molecule has 0 unspecified atom stereocenters. The van der Waals surface area contributed by atoms with Crippen molar-refractivity contribution in [2.45, 2.75) is 31.1 Å². The maximum atomic E-state index is 5.62. The molecular formula is C16H19N3. The molecular weight excluding hydrogens is 234 g/mol. The van der Waals surface area contributed by atoms with E-state index in [4.69, 9.17) is 10.7 Å². The predicted molar refractivity (Wildman–Crippen MR) is 75.9 cm³/mol. The summed E-state index contributed by atoms with van der Waals surface area (Å²) in [5, 5.41) is 0. The Morgan fingerprint density at radius 3 is 2.53 bits per heavy atom. The van der Waals surface area contributed by atoms with Crippen molar-refractivity contribution in [2.24, 2.45) is 5.73 Å². The first-order valence-electron chi connectivity index (χ1n) is 6.93. The molecule has 0 spiro atoms. The van der Waals surface area contributed by atoms with Crippen molar-refractivity contribution in [3.63, 3.8) is 0 Å². The van der Waals surface area contributed by atoms with Crippen LogP contribution in [0.2, 0.25) is 0 Å². The first kappa shape index (κ1) is 12.3. The van der Waals surface area contributed by atoms with Gasteiger partial charge in [0.1, 0.15) is 5.82 Å². The third-order valence-corrected chi connectivity index (χ3v) is 4.08. The van der Waals surface area contributed by atoms with Gasteiger partial charge in [-0.15, -0.1) is 0 Å². The van der Waals surface area contributed by atoms with Gasteiger partial charge in [0, 0.05) is 18.3 Å². The third kappa shape index (κ3) is 2.15. The molecule has 2 aromatic rings. The summed E-state index contributed by atoms with van der Waals surface area (Å²) in [6, 6.07) is 12.6. The van der Waals surface area contributed by atoms with Crippen LogP contribution in [0.25, 0.3) is 0 Å². The van der Waals surface area contributed by atoms with Gasteiger partial charge in [0.2, 0.25) is 0 Å². The molecule has 0 aliphatic heterocycles. The quantitative estimate of drug-likeness (QED) is 0.910. The zero-order valence-corrected chi connectivity index (χ0v) is 11.0. The highest BCUT2D eigenvalue weighted by atomic mass is 14.9. The lowest BCUT2D eigenvalue weighted by atomic mass is 9.64. The summed E-state index contributed by atoms with van der Waals surface area (Å²) in [6.07, 6.45) is 6.22. The lowest BCUT2D eigenvalue weighted by Gasteiger charge is -2.41. The van der Waals surface area contributed by atoms with Gasteiger partial charge >= 0.3 is 0 Å². The lowest BCUT2D eigenvalue weighted by Crippen LogP contribution is -2.37. The summed E-state index contributed by atoms with van der Waals surface area (Å²) in [6.45, 7) is 0.634. The number of benzene rings is 1. The molecule has 0 radical (unpaired) electrons. The second kappa shape index (κ2) is 5.10. The summed E-state index contributed by atoms with van der Waals surface area (Å²) >= 11 is 0. The fraction of sp³-hybridized carbons (Fsp3) is 0.375. The molecule has 3 rings (SSSR count). The Kier molecular flexibility index (Phi) is 3.30. The van der Waals surface area contributed by atoms with E-state index in [9.17, 15) is 0 Å². The molecule has 1 aromatic heterocycles. The number of rotatable bonds is 4. The molecule has 1 aliphatic carbocycles. The molecule has 1 fully saturated rings. The largest absolute Gasteiger partial charge is 0.330 e. The number of hydrogen-bond acceptors (Lipinski definition) is 3. The summed E-state index contributed by atoms with van der Waals surface area (Å²) in [7, 11) is 0. The zero-order valence-electron chi connectivity index (χ0n) is 11.0. The van der Waals surface area contributed by atoms with Crippen LogP contribution in [-0.2, 0) is 11.8 Å². The van der Waals surface area contributed by atoms with Crippen molar-refractivity contribution in [2.75, 3.05) is 6.54 Å². The fourth-order valence-corrected chi connectivity index (χ4v) is 2.84. The van der Waals surface area contributed by atoms with Crippen LogP contribution in [0.3, 0.4) is 0 Å². The van der Waals surface area contributed by atoms with Crippen LogP contribution in [0.4, 0.5) is 0 Å². The first-order chi connectivity index (χ1) is 9.35. The number of nitrogens with zero attached hydrogens (tertiary/aromatic N) is 2. The molecule has 1 heterocycles. The van der Waals surface area contributed by atoms with Gasteiger partial charge in [-0.3, -0.25) is 0 Å². The molecule has 98 valence electrons. The molecule has 0 saturated heterocycles. The minimum Gasteiger partial charge on any atom is -0.330 e. The Bertz CT molecular complexity index is 547. The molecule has 1 aromatic carbocycles. The molecule has 0 amide bonds.